The molecule has 0 heterocycles. The molecule has 0 aliphatic heterocycles. The van der Waals surface area contributed by atoms with Crippen LogP contribution in [0.4, 0.5) is 0 Å². The maximum Gasteiger partial charge on any atom is 0.181 e. The Balaban J connectivity index is 1.58. The van der Waals surface area contributed by atoms with E-state index in [4.69, 9.17) is 0 Å². The fourth-order valence-corrected chi connectivity index (χ4v) is 5.16. The van der Waals surface area contributed by atoms with Crippen LogP contribution >= 0.6 is 8.58 Å². The van der Waals surface area contributed by atoms with Crippen LogP contribution in [-0.2, 0) is 12.6 Å². The van der Waals surface area contributed by atoms with E-state index in [2.05, 4.69) is 61.5 Å². The molecule has 0 amide bonds. The van der Waals surface area contributed by atoms with E-state index < -0.39 is 0 Å². The molecule has 0 bridgehead atoms. The van der Waals surface area contributed by atoms with Crippen molar-refractivity contribution in [3.05, 3.63) is 93.5 Å². The first-order valence-electron chi connectivity index (χ1n) is 9.09. The molecule has 0 saturated carbocycles. The molecule has 1 unspecified atom stereocenters. The molecule has 0 radical (unpaired) electrons. The highest BCUT2D eigenvalue weighted by molar-refractivity contribution is 7.58. The average Bonchev–Trinajstić information content (AvgIpc) is 3.39. The normalized spacial score (nSPS) is 12.4. The van der Waals surface area contributed by atoms with Crippen LogP contribution in [0, 0.1) is 20.8 Å². The van der Waals surface area contributed by atoms with Crippen LogP contribution in [0.5, 0.6) is 0 Å². The van der Waals surface area contributed by atoms with E-state index in [1.807, 2.05) is 13.8 Å². The fraction of sp³-hybridized carbons (Fsp3) is 0.208. The van der Waals surface area contributed by atoms with Crippen molar-refractivity contribution >= 4 is 14.1 Å². The maximum absolute atomic E-state index is 12.9. The third kappa shape index (κ3) is 3.24. The maximum atomic E-state index is 12.9. The van der Waals surface area contributed by atoms with Gasteiger partial charge in [0.2, 0.25) is 0 Å². The molecular formula is C24H23OP. The molecule has 4 rings (SSSR count). The number of hydrogen-bond donors (Lipinski definition) is 0. The number of carbonyl (C=O) groups is 1. The Labute approximate surface area is 157 Å². The zero-order valence-corrected chi connectivity index (χ0v) is 16.5. The minimum atomic E-state index is 0.267. The molecule has 0 fully saturated rings. The Morgan fingerprint density at radius 1 is 0.923 bits per heavy atom. The zero-order valence-electron chi connectivity index (χ0n) is 15.5. The van der Waals surface area contributed by atoms with Crippen molar-refractivity contribution in [2.75, 3.05) is 0 Å². The van der Waals surface area contributed by atoms with Crippen molar-refractivity contribution in [1.29, 1.82) is 0 Å². The molecule has 3 aromatic rings. The SMILES string of the molecule is Cc1cc(C)c(C(=O)PCc2ccccc2-c2cccc3c2C3)c(C)c1. The van der Waals surface area contributed by atoms with E-state index in [-0.39, 0.29) is 14.1 Å². The minimum Gasteiger partial charge on any atom is -0.289 e. The second-order valence-electron chi connectivity index (χ2n) is 7.23. The number of hydrogen-bond acceptors (Lipinski definition) is 1. The van der Waals surface area contributed by atoms with Gasteiger partial charge in [0.25, 0.3) is 0 Å². The molecule has 1 atom stereocenters. The lowest BCUT2D eigenvalue weighted by Crippen LogP contribution is -2.01. The third-order valence-electron chi connectivity index (χ3n) is 5.17. The summed E-state index contributed by atoms with van der Waals surface area (Å²) in [6.45, 7) is 6.18. The zero-order chi connectivity index (χ0) is 18.3. The topological polar surface area (TPSA) is 17.1 Å². The summed E-state index contributed by atoms with van der Waals surface area (Å²) in [5.41, 5.74) is 11.5. The lowest BCUT2D eigenvalue weighted by atomic mass is 10.0. The van der Waals surface area contributed by atoms with E-state index in [1.54, 1.807) is 0 Å². The average molecular weight is 358 g/mol. The summed E-state index contributed by atoms with van der Waals surface area (Å²) < 4.78 is 0. The largest absolute Gasteiger partial charge is 0.289 e. The van der Waals surface area contributed by atoms with Gasteiger partial charge in [0.15, 0.2) is 5.52 Å². The second kappa shape index (κ2) is 6.82. The Bertz CT molecular complexity index is 993. The molecule has 130 valence electrons. The summed E-state index contributed by atoms with van der Waals surface area (Å²) >= 11 is 0. The first kappa shape index (κ1) is 17.2. The minimum absolute atomic E-state index is 0.267. The van der Waals surface area contributed by atoms with Gasteiger partial charge >= 0.3 is 0 Å². The summed E-state index contributed by atoms with van der Waals surface area (Å²) in [6.07, 6.45) is 1.92. The van der Waals surface area contributed by atoms with Crippen LogP contribution in [0.2, 0.25) is 0 Å². The highest BCUT2D eigenvalue weighted by atomic mass is 31.1. The van der Waals surface area contributed by atoms with E-state index in [0.717, 1.165) is 29.3 Å². The first-order valence-corrected chi connectivity index (χ1v) is 10.3. The van der Waals surface area contributed by atoms with Crippen LogP contribution in [0.3, 0.4) is 0 Å². The predicted molar refractivity (Wildman–Crippen MR) is 112 cm³/mol. The van der Waals surface area contributed by atoms with Crippen LogP contribution in [0.15, 0.2) is 54.6 Å². The smallest absolute Gasteiger partial charge is 0.181 e. The Morgan fingerprint density at radius 2 is 1.62 bits per heavy atom. The standard InChI is InChI=1S/C24H23OP/c1-15-11-16(2)23(17(3)12-15)24(25)26-14-19-7-4-5-9-20(19)21-10-6-8-18-13-22(18)21/h4-12,26H,13-14H2,1-3H3. The summed E-state index contributed by atoms with van der Waals surface area (Å²) in [4.78, 5) is 12.9. The van der Waals surface area contributed by atoms with Crippen molar-refractivity contribution in [1.82, 2.24) is 0 Å². The lowest BCUT2D eigenvalue weighted by molar-refractivity contribution is 0.108. The third-order valence-corrected chi connectivity index (χ3v) is 6.30. The van der Waals surface area contributed by atoms with Gasteiger partial charge in [-0.2, -0.15) is 0 Å². The van der Waals surface area contributed by atoms with Gasteiger partial charge in [-0.25, -0.2) is 0 Å². The van der Waals surface area contributed by atoms with E-state index in [1.165, 1.54) is 33.4 Å². The van der Waals surface area contributed by atoms with Crippen molar-refractivity contribution < 1.29 is 4.79 Å². The van der Waals surface area contributed by atoms with Crippen LogP contribution in [0.1, 0.15) is 43.7 Å². The van der Waals surface area contributed by atoms with Crippen molar-refractivity contribution in [2.24, 2.45) is 0 Å². The van der Waals surface area contributed by atoms with Crippen LogP contribution in [0.25, 0.3) is 11.1 Å². The molecule has 0 aromatic heterocycles. The molecule has 1 nitrogen and oxygen atoms in total. The number of aryl methyl sites for hydroxylation is 3. The van der Waals surface area contributed by atoms with Crippen molar-refractivity contribution in [2.45, 2.75) is 33.4 Å². The summed E-state index contributed by atoms with van der Waals surface area (Å²) in [7, 11) is 0.267. The Kier molecular flexibility index (Phi) is 4.51. The van der Waals surface area contributed by atoms with Crippen LogP contribution < -0.4 is 0 Å². The molecule has 0 N–H and O–H groups in total. The molecular weight excluding hydrogens is 335 g/mol. The fourth-order valence-electron chi connectivity index (χ4n) is 3.93. The molecule has 0 saturated heterocycles. The monoisotopic (exact) mass is 358 g/mol. The molecule has 1 aliphatic carbocycles. The number of benzene rings is 3. The van der Waals surface area contributed by atoms with Crippen molar-refractivity contribution in [3.63, 3.8) is 0 Å². The number of rotatable bonds is 5. The molecule has 26 heavy (non-hydrogen) atoms. The molecule has 0 spiro atoms. The van der Waals surface area contributed by atoms with Gasteiger partial charge in [0, 0.05) is 5.56 Å². The number of fused-ring (bicyclic) bond motifs is 1. The van der Waals surface area contributed by atoms with Crippen LogP contribution in [-0.4, -0.2) is 5.52 Å². The van der Waals surface area contributed by atoms with Gasteiger partial charge in [0.1, 0.15) is 0 Å². The Morgan fingerprint density at radius 3 is 2.38 bits per heavy atom. The van der Waals surface area contributed by atoms with Gasteiger partial charge in [0.05, 0.1) is 0 Å². The van der Waals surface area contributed by atoms with Gasteiger partial charge < -0.3 is 0 Å². The Hall–Kier alpha value is -2.24. The predicted octanol–water partition coefficient (Wildman–Crippen LogP) is 6.20. The summed E-state index contributed by atoms with van der Waals surface area (Å²) in [6, 6.07) is 19.3. The second-order valence-corrected chi connectivity index (χ2v) is 8.39. The van der Waals surface area contributed by atoms with Gasteiger partial charge in [-0.1, -0.05) is 60.2 Å². The van der Waals surface area contributed by atoms with E-state index in [0.29, 0.717) is 0 Å². The van der Waals surface area contributed by atoms with Crippen molar-refractivity contribution in [3.8, 4) is 11.1 Å². The van der Waals surface area contributed by atoms with Gasteiger partial charge in [-0.05, 0) is 80.9 Å². The van der Waals surface area contributed by atoms with E-state index >= 15 is 0 Å². The quantitative estimate of drug-likeness (QED) is 0.388. The summed E-state index contributed by atoms with van der Waals surface area (Å²) in [5, 5.41) is 0. The molecule has 2 heteroatoms. The lowest BCUT2D eigenvalue weighted by Gasteiger charge is -2.12. The van der Waals surface area contributed by atoms with Gasteiger partial charge in [-0.15, -0.1) is 0 Å². The molecule has 1 aliphatic rings. The molecule has 3 aromatic carbocycles. The first-order chi connectivity index (χ1) is 12.5. The number of carbonyl (C=O) groups excluding carboxylic acids is 1. The highest BCUT2D eigenvalue weighted by Crippen LogP contribution is 2.40. The summed E-state index contributed by atoms with van der Waals surface area (Å²) in [5.74, 6) is 0. The van der Waals surface area contributed by atoms with E-state index in [9.17, 15) is 4.79 Å². The van der Waals surface area contributed by atoms with Gasteiger partial charge in [-0.3, -0.25) is 4.79 Å². The highest BCUT2D eigenvalue weighted by Gasteiger charge is 2.22.